The van der Waals surface area contributed by atoms with Gasteiger partial charge in [0, 0.05) is 19.7 Å². The fourth-order valence-electron chi connectivity index (χ4n) is 1.35. The van der Waals surface area contributed by atoms with Crippen LogP contribution >= 0.6 is 0 Å². The molecule has 3 N–H and O–H groups in total. The smallest absolute Gasteiger partial charge is 0.215 e. The number of hydrogen-bond acceptors (Lipinski definition) is 4. The van der Waals surface area contributed by atoms with E-state index in [1.54, 1.807) is 0 Å². The van der Waals surface area contributed by atoms with Crippen molar-refractivity contribution in [2.45, 2.75) is 45.0 Å². The van der Waals surface area contributed by atoms with Gasteiger partial charge in [-0.05, 0) is 27.2 Å². The molecule has 0 aromatic heterocycles. The van der Waals surface area contributed by atoms with Gasteiger partial charge in [0.15, 0.2) is 0 Å². The Bertz CT molecular complexity index is 284. The van der Waals surface area contributed by atoms with E-state index in [1.165, 1.54) is 0 Å². The third-order valence-electron chi connectivity index (χ3n) is 2.39. The van der Waals surface area contributed by atoms with Crippen LogP contribution in [0.2, 0.25) is 0 Å². The second-order valence-corrected chi connectivity index (χ2v) is 6.37. The molecule has 0 aromatic rings. The Hall–Kier alpha value is -0.170. The zero-order valence-electron chi connectivity index (χ0n) is 10.6. The van der Waals surface area contributed by atoms with Crippen LogP contribution in [0, 0.1) is 0 Å². The van der Waals surface area contributed by atoms with E-state index in [-0.39, 0.29) is 13.1 Å². The molecule has 1 atom stereocenters. The highest BCUT2D eigenvalue weighted by molar-refractivity contribution is 7.90. The van der Waals surface area contributed by atoms with E-state index in [0.29, 0.717) is 13.0 Å². The number of hydrogen-bond donors (Lipinski definition) is 2. The first-order valence-electron chi connectivity index (χ1n) is 5.61. The van der Waals surface area contributed by atoms with Crippen molar-refractivity contribution < 1.29 is 13.2 Å². The molecule has 0 aliphatic carbocycles. The van der Waals surface area contributed by atoms with Crippen molar-refractivity contribution in [2.75, 3.05) is 19.7 Å². The summed E-state index contributed by atoms with van der Waals surface area (Å²) in [6.45, 7) is 8.35. The van der Waals surface area contributed by atoms with Crippen LogP contribution in [-0.4, -0.2) is 39.0 Å². The van der Waals surface area contributed by atoms with E-state index < -0.39 is 20.9 Å². The quantitative estimate of drug-likeness (QED) is 0.657. The lowest BCUT2D eigenvalue weighted by Crippen LogP contribution is -2.45. The number of rotatable bonds is 8. The summed E-state index contributed by atoms with van der Waals surface area (Å²) >= 11 is 0. The molecule has 6 heteroatoms. The van der Waals surface area contributed by atoms with Crippen LogP contribution in [0.4, 0.5) is 0 Å². The summed E-state index contributed by atoms with van der Waals surface area (Å²) in [5.41, 5.74) is 4.93. The summed E-state index contributed by atoms with van der Waals surface area (Å²) in [7, 11) is -3.33. The van der Waals surface area contributed by atoms with Gasteiger partial charge in [-0.1, -0.05) is 6.92 Å². The number of ether oxygens (including phenoxy) is 1. The summed E-state index contributed by atoms with van der Waals surface area (Å²) < 4.78 is 31.6. The van der Waals surface area contributed by atoms with E-state index in [4.69, 9.17) is 10.5 Å². The highest BCUT2D eigenvalue weighted by Gasteiger charge is 2.26. The second kappa shape index (κ2) is 6.54. The average molecular weight is 252 g/mol. The predicted molar refractivity (Wildman–Crippen MR) is 65.8 cm³/mol. The zero-order chi connectivity index (χ0) is 12.8. The lowest BCUT2D eigenvalue weighted by atomic mass is 10.1. The van der Waals surface area contributed by atoms with Gasteiger partial charge in [0.25, 0.3) is 0 Å². The fourth-order valence-corrected chi connectivity index (χ4v) is 2.82. The lowest BCUT2D eigenvalue weighted by molar-refractivity contribution is -0.00518. The summed E-state index contributed by atoms with van der Waals surface area (Å²) in [5, 5.41) is -0.523. The summed E-state index contributed by atoms with van der Waals surface area (Å²) in [4.78, 5) is 0. The van der Waals surface area contributed by atoms with Gasteiger partial charge in [-0.15, -0.1) is 0 Å². The zero-order valence-corrected chi connectivity index (χ0v) is 11.4. The molecule has 0 aromatic carbocycles. The van der Waals surface area contributed by atoms with Gasteiger partial charge in [0.05, 0.1) is 10.9 Å². The van der Waals surface area contributed by atoms with Crippen molar-refractivity contribution in [1.29, 1.82) is 0 Å². The fraction of sp³-hybridized carbons (Fsp3) is 1.00. The maximum absolute atomic E-state index is 11.8. The standard InChI is InChI=1S/C10H24N2O3S/c1-5-9(7-11)16(13,14)12-8-10(3,4)15-6-2/h9,12H,5-8,11H2,1-4H3. The molecule has 0 saturated heterocycles. The molecule has 0 spiro atoms. The molecule has 1 unspecified atom stereocenters. The Kier molecular flexibility index (Phi) is 6.47. The van der Waals surface area contributed by atoms with Gasteiger partial charge in [-0.2, -0.15) is 0 Å². The summed E-state index contributed by atoms with van der Waals surface area (Å²) in [6, 6.07) is 0. The average Bonchev–Trinajstić information content (AvgIpc) is 2.17. The minimum Gasteiger partial charge on any atom is -0.375 e. The Morgan fingerprint density at radius 3 is 2.31 bits per heavy atom. The molecule has 0 saturated carbocycles. The molecular formula is C10H24N2O3S. The van der Waals surface area contributed by atoms with Gasteiger partial charge >= 0.3 is 0 Å². The van der Waals surface area contributed by atoms with E-state index >= 15 is 0 Å². The van der Waals surface area contributed by atoms with Crippen LogP contribution in [0.25, 0.3) is 0 Å². The Balaban J connectivity index is 4.39. The first-order chi connectivity index (χ1) is 7.29. The highest BCUT2D eigenvalue weighted by atomic mass is 32.2. The van der Waals surface area contributed by atoms with E-state index in [2.05, 4.69) is 4.72 Å². The van der Waals surface area contributed by atoms with Crippen LogP contribution < -0.4 is 10.5 Å². The van der Waals surface area contributed by atoms with Crippen molar-refractivity contribution in [1.82, 2.24) is 4.72 Å². The number of sulfonamides is 1. The third kappa shape index (κ3) is 5.25. The van der Waals surface area contributed by atoms with Gasteiger partial charge in [-0.25, -0.2) is 13.1 Å². The minimum absolute atomic E-state index is 0.140. The van der Waals surface area contributed by atoms with Gasteiger partial charge in [0.1, 0.15) is 0 Å². The summed E-state index contributed by atoms with van der Waals surface area (Å²) in [6.07, 6.45) is 0.515. The van der Waals surface area contributed by atoms with Crippen LogP contribution in [0.5, 0.6) is 0 Å². The molecule has 0 rings (SSSR count). The second-order valence-electron chi connectivity index (χ2n) is 4.32. The molecule has 0 heterocycles. The minimum atomic E-state index is -3.33. The lowest BCUT2D eigenvalue weighted by Gasteiger charge is -2.26. The predicted octanol–water partition coefficient (Wildman–Crippen LogP) is 0.458. The molecule has 0 radical (unpaired) electrons. The van der Waals surface area contributed by atoms with Crippen LogP contribution in [0.3, 0.4) is 0 Å². The van der Waals surface area contributed by atoms with Gasteiger partial charge in [-0.3, -0.25) is 0 Å². The maximum atomic E-state index is 11.8. The first-order valence-corrected chi connectivity index (χ1v) is 7.16. The topological polar surface area (TPSA) is 81.4 Å². The molecule has 5 nitrogen and oxygen atoms in total. The van der Waals surface area contributed by atoms with E-state index in [9.17, 15) is 8.42 Å². The largest absolute Gasteiger partial charge is 0.375 e. The highest BCUT2D eigenvalue weighted by Crippen LogP contribution is 2.09. The Labute approximate surface area is 98.8 Å². The SMILES string of the molecule is CCOC(C)(C)CNS(=O)(=O)C(CC)CN. The molecule has 0 aliphatic heterocycles. The number of nitrogens with two attached hydrogens (primary N) is 1. The van der Waals surface area contributed by atoms with Gasteiger partial charge < -0.3 is 10.5 Å². The summed E-state index contributed by atoms with van der Waals surface area (Å²) in [5.74, 6) is 0. The van der Waals surface area contributed by atoms with Crippen LogP contribution in [-0.2, 0) is 14.8 Å². The van der Waals surface area contributed by atoms with E-state index in [1.807, 2.05) is 27.7 Å². The van der Waals surface area contributed by atoms with Crippen molar-refractivity contribution in [2.24, 2.45) is 5.73 Å². The molecule has 16 heavy (non-hydrogen) atoms. The first kappa shape index (κ1) is 15.8. The molecule has 0 fully saturated rings. The molecule has 0 aliphatic rings. The molecule has 98 valence electrons. The van der Waals surface area contributed by atoms with Crippen molar-refractivity contribution >= 4 is 10.0 Å². The Morgan fingerprint density at radius 2 is 1.94 bits per heavy atom. The number of nitrogens with one attached hydrogen (secondary N) is 1. The molecular weight excluding hydrogens is 228 g/mol. The van der Waals surface area contributed by atoms with Crippen molar-refractivity contribution in [3.05, 3.63) is 0 Å². The van der Waals surface area contributed by atoms with E-state index in [0.717, 1.165) is 0 Å². The normalized spacial score (nSPS) is 15.1. The maximum Gasteiger partial charge on any atom is 0.215 e. The third-order valence-corrected chi connectivity index (χ3v) is 4.34. The molecule has 0 bridgehead atoms. The van der Waals surface area contributed by atoms with Crippen LogP contribution in [0.15, 0.2) is 0 Å². The molecule has 0 amide bonds. The van der Waals surface area contributed by atoms with Crippen molar-refractivity contribution in [3.63, 3.8) is 0 Å². The van der Waals surface area contributed by atoms with Crippen molar-refractivity contribution in [3.8, 4) is 0 Å². The Morgan fingerprint density at radius 1 is 1.38 bits per heavy atom. The monoisotopic (exact) mass is 252 g/mol. The van der Waals surface area contributed by atoms with Gasteiger partial charge in [0.2, 0.25) is 10.0 Å². The van der Waals surface area contributed by atoms with Crippen LogP contribution in [0.1, 0.15) is 34.1 Å².